The van der Waals surface area contributed by atoms with Gasteiger partial charge in [0.2, 0.25) is 0 Å². The van der Waals surface area contributed by atoms with Crippen molar-refractivity contribution in [2.75, 3.05) is 24.5 Å². The molecule has 0 bridgehead atoms. The summed E-state index contributed by atoms with van der Waals surface area (Å²) >= 11 is 0. The van der Waals surface area contributed by atoms with Gasteiger partial charge in [-0.05, 0) is 49.7 Å². The largest absolute Gasteiger partial charge is 0.505 e. The predicted molar refractivity (Wildman–Crippen MR) is 119 cm³/mol. The molecule has 2 aliphatic rings. The number of fused-ring (bicyclic) bond motifs is 1. The maximum atomic E-state index is 13.1. The number of aromatic nitrogens is 1. The third-order valence-corrected chi connectivity index (χ3v) is 6.44. The Morgan fingerprint density at radius 2 is 1.93 bits per heavy atom. The first-order chi connectivity index (χ1) is 14.5. The van der Waals surface area contributed by atoms with E-state index in [1.165, 1.54) is 5.56 Å². The summed E-state index contributed by atoms with van der Waals surface area (Å²) in [6.07, 6.45) is 5.34. The number of unbranched alkanes of at least 4 members (excludes halogenated alkanes) is 1. The fourth-order valence-corrected chi connectivity index (χ4v) is 4.71. The van der Waals surface area contributed by atoms with Crippen LogP contribution in [0.15, 0.2) is 29.1 Å². The number of nitrogens with zero attached hydrogens (tertiary/aromatic N) is 2. The van der Waals surface area contributed by atoms with Crippen LogP contribution in [0.3, 0.4) is 0 Å². The number of pyridine rings is 1. The van der Waals surface area contributed by atoms with Gasteiger partial charge in [-0.1, -0.05) is 38.5 Å². The van der Waals surface area contributed by atoms with Crippen molar-refractivity contribution in [3.8, 4) is 5.75 Å². The first-order valence-corrected chi connectivity index (χ1v) is 11.2. The van der Waals surface area contributed by atoms with Gasteiger partial charge >= 0.3 is 0 Å². The number of carbonyl (C=O) groups is 1. The van der Waals surface area contributed by atoms with Crippen molar-refractivity contribution in [3.63, 3.8) is 0 Å². The minimum atomic E-state index is -0.488. The van der Waals surface area contributed by atoms with E-state index in [0.717, 1.165) is 44.3 Å². The van der Waals surface area contributed by atoms with Crippen LogP contribution in [0.2, 0.25) is 0 Å². The van der Waals surface area contributed by atoms with E-state index in [9.17, 15) is 14.7 Å². The molecule has 1 amide bonds. The molecular weight excluding hydrogens is 378 g/mol. The molecule has 1 atom stereocenters. The molecule has 0 saturated carbocycles. The van der Waals surface area contributed by atoms with Crippen LogP contribution in [0.25, 0.3) is 0 Å². The summed E-state index contributed by atoms with van der Waals surface area (Å²) in [4.78, 5) is 32.7. The number of H-pyrrole nitrogens is 1. The number of anilines is 2. The summed E-state index contributed by atoms with van der Waals surface area (Å²) < 4.78 is 0. The molecule has 30 heavy (non-hydrogen) atoms. The molecule has 1 saturated heterocycles. The number of amides is 1. The van der Waals surface area contributed by atoms with Crippen molar-refractivity contribution in [2.45, 2.75) is 58.3 Å². The second-order valence-corrected chi connectivity index (χ2v) is 8.51. The molecule has 2 aliphatic heterocycles. The summed E-state index contributed by atoms with van der Waals surface area (Å²) in [6, 6.07) is 8.21. The van der Waals surface area contributed by atoms with Crippen LogP contribution in [-0.2, 0) is 6.42 Å². The highest BCUT2D eigenvalue weighted by atomic mass is 16.3. The van der Waals surface area contributed by atoms with Gasteiger partial charge in [0.1, 0.15) is 11.3 Å². The Labute approximate surface area is 177 Å². The monoisotopic (exact) mass is 409 g/mol. The molecular formula is C24H31N3O3. The zero-order valence-electron chi connectivity index (χ0n) is 17.9. The highest BCUT2D eigenvalue weighted by Gasteiger charge is 2.32. The molecule has 0 radical (unpaired) electrons. The number of aryl methyl sites for hydroxylation is 1. The number of aromatic hydroxyl groups is 1. The first-order valence-electron chi connectivity index (χ1n) is 11.2. The number of benzene rings is 1. The molecule has 4 rings (SSSR count). The van der Waals surface area contributed by atoms with E-state index in [4.69, 9.17) is 0 Å². The average molecular weight is 410 g/mol. The van der Waals surface area contributed by atoms with E-state index in [2.05, 4.69) is 35.9 Å². The number of para-hydroxylation sites is 1. The Hall–Kier alpha value is -2.76. The lowest BCUT2D eigenvalue weighted by molar-refractivity contribution is 0.0788. The number of likely N-dealkylation sites (tertiary alicyclic amines) is 1. The maximum Gasteiger partial charge on any atom is 0.264 e. The van der Waals surface area contributed by atoms with Crippen LogP contribution in [0.5, 0.6) is 5.75 Å². The van der Waals surface area contributed by atoms with Crippen molar-refractivity contribution in [3.05, 3.63) is 51.4 Å². The summed E-state index contributed by atoms with van der Waals surface area (Å²) in [5, 5.41) is 11.3. The summed E-state index contributed by atoms with van der Waals surface area (Å²) in [5.74, 6) is -0.119. The highest BCUT2D eigenvalue weighted by molar-refractivity contribution is 5.99. The van der Waals surface area contributed by atoms with Crippen molar-refractivity contribution in [1.29, 1.82) is 0 Å². The van der Waals surface area contributed by atoms with Crippen molar-refractivity contribution in [2.24, 2.45) is 0 Å². The van der Waals surface area contributed by atoms with Crippen molar-refractivity contribution in [1.82, 2.24) is 9.88 Å². The van der Waals surface area contributed by atoms with E-state index >= 15 is 0 Å². The van der Waals surface area contributed by atoms with Gasteiger partial charge < -0.3 is 19.9 Å². The molecule has 6 nitrogen and oxygen atoms in total. The van der Waals surface area contributed by atoms with E-state index in [1.807, 2.05) is 12.1 Å². The number of hydrogen-bond acceptors (Lipinski definition) is 4. The molecule has 0 spiro atoms. The molecule has 160 valence electrons. The second-order valence-electron chi connectivity index (χ2n) is 8.51. The molecule has 1 fully saturated rings. The normalized spacial score (nSPS) is 18.5. The quantitative estimate of drug-likeness (QED) is 0.772. The zero-order valence-corrected chi connectivity index (χ0v) is 17.9. The van der Waals surface area contributed by atoms with E-state index in [0.29, 0.717) is 36.8 Å². The fraction of sp³-hybridized carbons (Fsp3) is 0.500. The average Bonchev–Trinajstić information content (AvgIpc) is 3.28. The van der Waals surface area contributed by atoms with Gasteiger partial charge in [0, 0.05) is 31.0 Å². The second kappa shape index (κ2) is 8.54. The van der Waals surface area contributed by atoms with Gasteiger partial charge in [-0.3, -0.25) is 9.59 Å². The van der Waals surface area contributed by atoms with Crippen LogP contribution < -0.4 is 10.5 Å². The summed E-state index contributed by atoms with van der Waals surface area (Å²) in [6.45, 7) is 6.31. The van der Waals surface area contributed by atoms with Crippen molar-refractivity contribution >= 4 is 17.3 Å². The summed E-state index contributed by atoms with van der Waals surface area (Å²) in [7, 11) is 0. The molecule has 1 aromatic carbocycles. The number of hydrogen-bond donors (Lipinski definition) is 2. The Bertz CT molecular complexity index is 992. The molecule has 1 aromatic heterocycles. The van der Waals surface area contributed by atoms with Crippen molar-refractivity contribution < 1.29 is 9.90 Å². The van der Waals surface area contributed by atoms with Gasteiger partial charge in [-0.25, -0.2) is 0 Å². The first kappa shape index (κ1) is 20.5. The molecule has 3 heterocycles. The van der Waals surface area contributed by atoms with E-state index < -0.39 is 5.56 Å². The topological polar surface area (TPSA) is 76.6 Å². The van der Waals surface area contributed by atoms with Crippen LogP contribution >= 0.6 is 0 Å². The Balaban J connectivity index is 1.87. The predicted octanol–water partition coefficient (Wildman–Crippen LogP) is 4.30. The lowest BCUT2D eigenvalue weighted by Gasteiger charge is -2.36. The third kappa shape index (κ3) is 3.59. The van der Waals surface area contributed by atoms with E-state index in [-0.39, 0.29) is 17.2 Å². The standard InChI is InChI=1S/C24H31N3O3/c1-3-4-10-18-21(27-15-12-16(2)17-9-5-6-11-19(17)27)22(28)20(23(29)25-18)24(30)26-13-7-8-14-26/h5-6,9,11,16H,3-4,7-8,10,12-15H2,1-2H3,(H2,25,28,29). The van der Waals surface area contributed by atoms with Crippen LogP contribution in [0.4, 0.5) is 11.4 Å². The maximum absolute atomic E-state index is 13.1. The van der Waals surface area contributed by atoms with Gasteiger partial charge in [-0.2, -0.15) is 0 Å². The number of rotatable bonds is 5. The Morgan fingerprint density at radius 1 is 1.20 bits per heavy atom. The van der Waals surface area contributed by atoms with Gasteiger partial charge in [-0.15, -0.1) is 0 Å². The molecule has 1 unspecified atom stereocenters. The van der Waals surface area contributed by atoms with Gasteiger partial charge in [0.25, 0.3) is 11.5 Å². The zero-order chi connectivity index (χ0) is 21.3. The third-order valence-electron chi connectivity index (χ3n) is 6.44. The van der Waals surface area contributed by atoms with Crippen LogP contribution in [0.1, 0.15) is 73.5 Å². The highest BCUT2D eigenvalue weighted by Crippen LogP contribution is 2.44. The number of aromatic amines is 1. The molecule has 2 aromatic rings. The molecule has 6 heteroatoms. The number of nitrogens with one attached hydrogen (secondary N) is 1. The Kier molecular flexibility index (Phi) is 5.84. The smallest absolute Gasteiger partial charge is 0.264 e. The fourth-order valence-electron chi connectivity index (χ4n) is 4.71. The number of carbonyl (C=O) groups excluding carboxylic acids is 1. The Morgan fingerprint density at radius 3 is 2.67 bits per heavy atom. The molecule has 0 aliphatic carbocycles. The molecule has 2 N–H and O–H groups in total. The van der Waals surface area contributed by atoms with Gasteiger partial charge in [0.05, 0.1) is 0 Å². The SMILES string of the molecule is CCCCc1[nH]c(=O)c(C(=O)N2CCCC2)c(O)c1N1CCC(C)c2ccccc21. The van der Waals surface area contributed by atoms with Crippen LogP contribution in [0, 0.1) is 0 Å². The van der Waals surface area contributed by atoms with E-state index in [1.54, 1.807) is 4.90 Å². The minimum absolute atomic E-state index is 0.122. The summed E-state index contributed by atoms with van der Waals surface area (Å²) in [5.41, 5.74) is 2.95. The van der Waals surface area contributed by atoms with Gasteiger partial charge in [0.15, 0.2) is 5.75 Å². The lowest BCUT2D eigenvalue weighted by Crippen LogP contribution is -2.35. The van der Waals surface area contributed by atoms with Crippen LogP contribution in [-0.4, -0.2) is 40.5 Å². The minimum Gasteiger partial charge on any atom is -0.505 e. The lowest BCUT2D eigenvalue weighted by atomic mass is 9.90.